The number of nitrogens with one attached hydrogen (secondary N) is 1. The molecule has 0 aromatic heterocycles. The van der Waals surface area contributed by atoms with Crippen LogP contribution >= 0.6 is 0 Å². The summed E-state index contributed by atoms with van der Waals surface area (Å²) in [5.41, 5.74) is 7.73. The molecule has 4 unspecified atom stereocenters. The number of nitrogen functional groups attached to an aromatic ring is 1. The third-order valence-corrected chi connectivity index (χ3v) is 5.25. The molecule has 2 aliphatic carbocycles. The molecule has 3 nitrogen and oxygen atoms in total. The van der Waals surface area contributed by atoms with Crippen molar-refractivity contribution < 1.29 is 4.79 Å². The van der Waals surface area contributed by atoms with Crippen LogP contribution in [0.1, 0.15) is 38.2 Å². The van der Waals surface area contributed by atoms with Crippen molar-refractivity contribution in [3.63, 3.8) is 0 Å². The summed E-state index contributed by atoms with van der Waals surface area (Å²) in [6.45, 7) is 1.59. The summed E-state index contributed by atoms with van der Waals surface area (Å²) in [5.74, 6) is 1.83. The number of amides is 1. The Morgan fingerprint density at radius 2 is 1.68 bits per heavy atom. The van der Waals surface area contributed by atoms with Crippen LogP contribution in [0.4, 0.5) is 5.69 Å². The van der Waals surface area contributed by atoms with Gasteiger partial charge in [0, 0.05) is 18.7 Å². The van der Waals surface area contributed by atoms with Gasteiger partial charge in [0.1, 0.15) is 0 Å². The highest BCUT2D eigenvalue weighted by molar-refractivity contribution is 5.73. The van der Waals surface area contributed by atoms with Crippen molar-refractivity contribution in [2.75, 3.05) is 5.73 Å². The second kappa shape index (κ2) is 8.19. The van der Waals surface area contributed by atoms with Crippen LogP contribution in [0.2, 0.25) is 0 Å². The van der Waals surface area contributed by atoms with E-state index in [1.54, 1.807) is 6.92 Å². The number of benzene rings is 1. The molecule has 4 atom stereocenters. The fraction of sp³-hybridized carbons (Fsp3) is 0.409. The van der Waals surface area contributed by atoms with Crippen LogP contribution in [-0.4, -0.2) is 11.9 Å². The van der Waals surface area contributed by atoms with Gasteiger partial charge in [-0.25, -0.2) is 0 Å². The van der Waals surface area contributed by atoms with Crippen LogP contribution in [0.25, 0.3) is 6.08 Å². The molecule has 3 heteroatoms. The standard InChI is InChI=1S/C22H28N2O/c1-16(25)24-22-14-10-20(11-15-22)19-8-4-17(5-9-19)2-3-18-6-12-21(23)13-7-18/h2-4,6-8,10,12-14,17,19-20,22H,5,9,11,15,23H2,1H3,(H,24,25)/b3-2+. The number of rotatable bonds is 4. The Bertz CT molecular complexity index is 672. The van der Waals surface area contributed by atoms with E-state index in [0.29, 0.717) is 17.8 Å². The van der Waals surface area contributed by atoms with E-state index in [-0.39, 0.29) is 11.9 Å². The summed E-state index contributed by atoms with van der Waals surface area (Å²) >= 11 is 0. The average Bonchev–Trinajstić information content (AvgIpc) is 2.62. The minimum atomic E-state index is 0.0568. The van der Waals surface area contributed by atoms with Gasteiger partial charge in [0.15, 0.2) is 0 Å². The van der Waals surface area contributed by atoms with Crippen molar-refractivity contribution in [3.05, 3.63) is 60.2 Å². The SMILES string of the molecule is CC(=O)NC1C=CC(C2C=CC(/C=C/c3ccc(N)cc3)CC2)CC1. The second-order valence-electron chi connectivity index (χ2n) is 7.25. The molecule has 132 valence electrons. The van der Waals surface area contributed by atoms with Crippen molar-refractivity contribution in [1.82, 2.24) is 5.32 Å². The van der Waals surface area contributed by atoms with E-state index in [4.69, 9.17) is 5.73 Å². The summed E-state index contributed by atoms with van der Waals surface area (Å²) in [6.07, 6.45) is 18.4. The number of anilines is 1. The number of hydrogen-bond acceptors (Lipinski definition) is 2. The predicted molar refractivity (Wildman–Crippen MR) is 105 cm³/mol. The number of carbonyl (C=O) groups is 1. The Morgan fingerprint density at radius 3 is 2.24 bits per heavy atom. The van der Waals surface area contributed by atoms with Gasteiger partial charge < -0.3 is 11.1 Å². The molecule has 3 N–H and O–H groups in total. The van der Waals surface area contributed by atoms with Gasteiger partial charge in [-0.3, -0.25) is 4.79 Å². The molecule has 3 rings (SSSR count). The summed E-state index contributed by atoms with van der Waals surface area (Å²) in [6, 6.07) is 8.21. The molecule has 0 heterocycles. The Hall–Kier alpha value is -2.29. The topological polar surface area (TPSA) is 55.1 Å². The zero-order valence-corrected chi connectivity index (χ0v) is 14.9. The summed E-state index contributed by atoms with van der Waals surface area (Å²) < 4.78 is 0. The lowest BCUT2D eigenvalue weighted by atomic mass is 9.76. The van der Waals surface area contributed by atoms with Crippen LogP contribution in [0.3, 0.4) is 0 Å². The maximum atomic E-state index is 11.1. The Morgan fingerprint density at radius 1 is 1.00 bits per heavy atom. The van der Waals surface area contributed by atoms with Gasteiger partial charge in [-0.15, -0.1) is 0 Å². The largest absolute Gasteiger partial charge is 0.399 e. The fourth-order valence-corrected chi connectivity index (χ4v) is 3.80. The first-order valence-electron chi connectivity index (χ1n) is 9.27. The van der Waals surface area contributed by atoms with Gasteiger partial charge in [-0.05, 0) is 61.1 Å². The summed E-state index contributed by atoms with van der Waals surface area (Å²) in [7, 11) is 0. The first-order chi connectivity index (χ1) is 12.1. The van der Waals surface area contributed by atoms with Crippen LogP contribution < -0.4 is 11.1 Å². The van der Waals surface area contributed by atoms with Gasteiger partial charge in [0.05, 0.1) is 0 Å². The first-order valence-corrected chi connectivity index (χ1v) is 9.27. The molecule has 0 fully saturated rings. The Labute approximate surface area is 150 Å². The van der Waals surface area contributed by atoms with Gasteiger partial charge in [0.25, 0.3) is 0 Å². The molecule has 0 saturated heterocycles. The molecule has 0 aliphatic heterocycles. The number of carbonyl (C=O) groups excluding carboxylic acids is 1. The zero-order valence-electron chi connectivity index (χ0n) is 14.9. The highest BCUT2D eigenvalue weighted by Crippen LogP contribution is 2.34. The lowest BCUT2D eigenvalue weighted by Crippen LogP contribution is -2.34. The minimum absolute atomic E-state index is 0.0568. The van der Waals surface area contributed by atoms with E-state index in [1.165, 1.54) is 18.4 Å². The highest BCUT2D eigenvalue weighted by atomic mass is 16.1. The van der Waals surface area contributed by atoms with Crippen molar-refractivity contribution in [2.45, 2.75) is 38.6 Å². The van der Waals surface area contributed by atoms with Gasteiger partial charge in [0.2, 0.25) is 5.91 Å². The second-order valence-corrected chi connectivity index (χ2v) is 7.25. The van der Waals surface area contributed by atoms with E-state index in [2.05, 4.69) is 53.9 Å². The van der Waals surface area contributed by atoms with Gasteiger partial charge in [-0.1, -0.05) is 48.6 Å². The fourth-order valence-electron chi connectivity index (χ4n) is 3.80. The van der Waals surface area contributed by atoms with Crippen molar-refractivity contribution >= 4 is 17.7 Å². The summed E-state index contributed by atoms with van der Waals surface area (Å²) in [5, 5.41) is 2.99. The third-order valence-electron chi connectivity index (χ3n) is 5.25. The van der Waals surface area contributed by atoms with Crippen molar-refractivity contribution in [3.8, 4) is 0 Å². The lowest BCUT2D eigenvalue weighted by Gasteiger charge is -2.31. The molecular formula is C22H28N2O. The van der Waals surface area contributed by atoms with Crippen molar-refractivity contribution in [1.29, 1.82) is 0 Å². The third kappa shape index (κ3) is 5.09. The molecule has 25 heavy (non-hydrogen) atoms. The smallest absolute Gasteiger partial charge is 0.217 e. The van der Waals surface area contributed by atoms with Crippen LogP contribution in [0.15, 0.2) is 54.6 Å². The molecule has 1 amide bonds. The zero-order chi connectivity index (χ0) is 17.6. The van der Waals surface area contributed by atoms with E-state index < -0.39 is 0 Å². The number of allylic oxidation sites excluding steroid dienone is 4. The van der Waals surface area contributed by atoms with E-state index in [0.717, 1.165) is 18.5 Å². The molecule has 0 spiro atoms. The van der Waals surface area contributed by atoms with Crippen LogP contribution in [-0.2, 0) is 4.79 Å². The van der Waals surface area contributed by atoms with Gasteiger partial charge in [-0.2, -0.15) is 0 Å². The molecule has 2 aliphatic rings. The minimum Gasteiger partial charge on any atom is -0.399 e. The predicted octanol–water partition coefficient (Wildman–Crippen LogP) is 4.34. The highest BCUT2D eigenvalue weighted by Gasteiger charge is 2.24. The Kier molecular flexibility index (Phi) is 5.75. The summed E-state index contributed by atoms with van der Waals surface area (Å²) in [4.78, 5) is 11.1. The first kappa shape index (κ1) is 17.5. The Balaban J connectivity index is 1.52. The number of hydrogen-bond donors (Lipinski definition) is 2. The normalized spacial score (nSPS) is 29.0. The molecular weight excluding hydrogens is 308 g/mol. The van der Waals surface area contributed by atoms with E-state index in [1.807, 2.05) is 12.1 Å². The van der Waals surface area contributed by atoms with E-state index in [9.17, 15) is 4.79 Å². The monoisotopic (exact) mass is 336 g/mol. The van der Waals surface area contributed by atoms with Crippen molar-refractivity contribution in [2.24, 2.45) is 17.8 Å². The van der Waals surface area contributed by atoms with Crippen LogP contribution in [0.5, 0.6) is 0 Å². The molecule has 1 aromatic carbocycles. The average molecular weight is 336 g/mol. The maximum Gasteiger partial charge on any atom is 0.217 e. The molecule has 0 bridgehead atoms. The van der Waals surface area contributed by atoms with Crippen LogP contribution in [0, 0.1) is 17.8 Å². The molecule has 0 saturated carbocycles. The van der Waals surface area contributed by atoms with Gasteiger partial charge >= 0.3 is 0 Å². The molecule has 0 radical (unpaired) electrons. The lowest BCUT2D eigenvalue weighted by molar-refractivity contribution is -0.119. The quantitative estimate of drug-likeness (QED) is 0.635. The molecule has 1 aromatic rings. The van der Waals surface area contributed by atoms with E-state index >= 15 is 0 Å². The maximum absolute atomic E-state index is 11.1. The number of nitrogens with two attached hydrogens (primary N) is 1.